The molecule has 82 valence electrons. The maximum Gasteiger partial charge on any atom is 0.345 e. The number of carbonyl (C=O) groups is 2. The van der Waals surface area contributed by atoms with Crippen molar-refractivity contribution in [2.75, 3.05) is 6.54 Å². The van der Waals surface area contributed by atoms with E-state index < -0.39 is 5.97 Å². The second-order valence-electron chi connectivity index (χ2n) is 3.08. The molecule has 0 saturated carbocycles. The third-order valence-electron chi connectivity index (χ3n) is 1.86. The summed E-state index contributed by atoms with van der Waals surface area (Å²) in [6, 6.07) is 2.98. The zero-order valence-electron chi connectivity index (χ0n) is 8.45. The molecular formula is C10H13NO3S. The Morgan fingerprint density at radius 2 is 2.07 bits per heavy atom. The number of carbonyl (C=O) groups excluding carboxylic acids is 1. The van der Waals surface area contributed by atoms with Crippen molar-refractivity contribution in [1.82, 2.24) is 5.32 Å². The van der Waals surface area contributed by atoms with Crippen molar-refractivity contribution in [2.24, 2.45) is 0 Å². The normalized spacial score (nSPS) is 9.93. The molecule has 0 aliphatic carbocycles. The van der Waals surface area contributed by atoms with Gasteiger partial charge in [0.1, 0.15) is 4.88 Å². The molecule has 1 aromatic heterocycles. The number of amides is 1. The highest BCUT2D eigenvalue weighted by Gasteiger charge is 2.11. The Hall–Kier alpha value is -1.36. The van der Waals surface area contributed by atoms with Crippen LogP contribution in [0.25, 0.3) is 0 Å². The molecule has 0 aromatic carbocycles. The average Bonchev–Trinajstić information content (AvgIpc) is 2.66. The first-order valence-electron chi connectivity index (χ1n) is 4.76. The predicted molar refractivity (Wildman–Crippen MR) is 58.5 cm³/mol. The zero-order valence-corrected chi connectivity index (χ0v) is 9.26. The van der Waals surface area contributed by atoms with Crippen LogP contribution in [0.15, 0.2) is 12.1 Å². The van der Waals surface area contributed by atoms with Gasteiger partial charge in [-0.1, -0.05) is 13.3 Å². The fraction of sp³-hybridized carbons (Fsp3) is 0.400. The first-order chi connectivity index (χ1) is 7.15. The number of aromatic carboxylic acids is 1. The van der Waals surface area contributed by atoms with Crippen LogP contribution in [0.1, 0.15) is 39.1 Å². The minimum absolute atomic E-state index is 0.190. The lowest BCUT2D eigenvalue weighted by Gasteiger charge is -2.00. The van der Waals surface area contributed by atoms with Crippen LogP contribution in [0.2, 0.25) is 0 Å². The van der Waals surface area contributed by atoms with Crippen LogP contribution < -0.4 is 5.32 Å². The highest BCUT2D eigenvalue weighted by atomic mass is 32.1. The van der Waals surface area contributed by atoms with Crippen molar-refractivity contribution in [3.05, 3.63) is 21.9 Å². The number of hydrogen-bond acceptors (Lipinski definition) is 3. The van der Waals surface area contributed by atoms with Gasteiger partial charge in [0.15, 0.2) is 0 Å². The summed E-state index contributed by atoms with van der Waals surface area (Å²) in [5.74, 6) is -1.19. The van der Waals surface area contributed by atoms with Crippen LogP contribution >= 0.6 is 11.3 Å². The number of thiophene rings is 1. The number of rotatable bonds is 5. The van der Waals surface area contributed by atoms with Gasteiger partial charge in [-0.2, -0.15) is 0 Å². The largest absolute Gasteiger partial charge is 0.477 e. The fourth-order valence-corrected chi connectivity index (χ4v) is 1.80. The Balaban J connectivity index is 2.54. The molecule has 0 atom stereocenters. The van der Waals surface area contributed by atoms with Crippen molar-refractivity contribution >= 4 is 23.2 Å². The van der Waals surface area contributed by atoms with Gasteiger partial charge >= 0.3 is 5.97 Å². The first kappa shape index (κ1) is 11.7. The summed E-state index contributed by atoms with van der Waals surface area (Å²) in [5.41, 5.74) is 0. The molecule has 0 aliphatic heterocycles. The molecule has 1 amide bonds. The summed E-state index contributed by atoms with van der Waals surface area (Å²) < 4.78 is 0. The standard InChI is InChI=1S/C10H13NO3S/c1-2-3-6-11-9(12)7-4-5-8(15-7)10(13)14/h4-5H,2-3,6H2,1H3,(H,11,12)(H,13,14). The number of carboxylic acid groups (broad SMARTS) is 1. The van der Waals surface area contributed by atoms with Crippen LogP contribution in [0.4, 0.5) is 0 Å². The van der Waals surface area contributed by atoms with Gasteiger partial charge in [0, 0.05) is 6.54 Å². The van der Waals surface area contributed by atoms with E-state index in [2.05, 4.69) is 5.32 Å². The van der Waals surface area contributed by atoms with Gasteiger partial charge in [-0.15, -0.1) is 11.3 Å². The van der Waals surface area contributed by atoms with Crippen molar-refractivity contribution in [2.45, 2.75) is 19.8 Å². The average molecular weight is 227 g/mol. The molecular weight excluding hydrogens is 214 g/mol. The quantitative estimate of drug-likeness (QED) is 0.756. The first-order valence-corrected chi connectivity index (χ1v) is 5.58. The molecule has 0 saturated heterocycles. The van der Waals surface area contributed by atoms with Gasteiger partial charge in [0.25, 0.3) is 5.91 Å². The van der Waals surface area contributed by atoms with E-state index in [1.165, 1.54) is 12.1 Å². The highest BCUT2D eigenvalue weighted by Crippen LogP contribution is 2.16. The van der Waals surface area contributed by atoms with E-state index in [0.717, 1.165) is 24.2 Å². The van der Waals surface area contributed by atoms with E-state index in [9.17, 15) is 9.59 Å². The number of carboxylic acids is 1. The van der Waals surface area contributed by atoms with E-state index in [4.69, 9.17) is 5.11 Å². The molecule has 1 rings (SSSR count). The van der Waals surface area contributed by atoms with Crippen molar-refractivity contribution < 1.29 is 14.7 Å². The third-order valence-corrected chi connectivity index (χ3v) is 2.93. The maximum absolute atomic E-state index is 11.5. The van der Waals surface area contributed by atoms with Crippen LogP contribution in [0.5, 0.6) is 0 Å². The number of unbranched alkanes of at least 4 members (excludes halogenated alkanes) is 1. The van der Waals surface area contributed by atoms with Crippen molar-refractivity contribution in [3.63, 3.8) is 0 Å². The molecule has 1 heterocycles. The molecule has 0 spiro atoms. The van der Waals surface area contributed by atoms with Crippen LogP contribution in [0, 0.1) is 0 Å². The van der Waals surface area contributed by atoms with Gasteiger partial charge in [-0.05, 0) is 18.6 Å². The van der Waals surface area contributed by atoms with Gasteiger partial charge < -0.3 is 10.4 Å². The number of nitrogens with one attached hydrogen (secondary N) is 1. The van der Waals surface area contributed by atoms with Crippen LogP contribution in [-0.2, 0) is 0 Å². The monoisotopic (exact) mass is 227 g/mol. The van der Waals surface area contributed by atoms with Crippen molar-refractivity contribution in [1.29, 1.82) is 0 Å². The summed E-state index contributed by atoms with van der Waals surface area (Å²) >= 11 is 0.996. The molecule has 2 N–H and O–H groups in total. The van der Waals surface area contributed by atoms with E-state index in [0.29, 0.717) is 11.4 Å². The van der Waals surface area contributed by atoms with Crippen LogP contribution in [-0.4, -0.2) is 23.5 Å². The summed E-state index contributed by atoms with van der Waals surface area (Å²) in [7, 11) is 0. The smallest absolute Gasteiger partial charge is 0.345 e. The van der Waals surface area contributed by atoms with Crippen LogP contribution in [0.3, 0.4) is 0 Å². The Labute approximate surface area is 91.9 Å². The van der Waals surface area contributed by atoms with Gasteiger partial charge in [-0.25, -0.2) is 4.79 Å². The lowest BCUT2D eigenvalue weighted by atomic mass is 10.3. The molecule has 0 bridgehead atoms. The van der Waals surface area contributed by atoms with Gasteiger partial charge in [-0.3, -0.25) is 4.79 Å². The second kappa shape index (κ2) is 5.50. The summed E-state index contributed by atoms with van der Waals surface area (Å²) in [4.78, 5) is 22.7. The van der Waals surface area contributed by atoms with Crippen molar-refractivity contribution in [3.8, 4) is 0 Å². The Kier molecular flexibility index (Phi) is 4.30. The van der Waals surface area contributed by atoms with Gasteiger partial charge in [0.05, 0.1) is 4.88 Å². The summed E-state index contributed by atoms with van der Waals surface area (Å²) in [5, 5.41) is 11.4. The maximum atomic E-state index is 11.5. The fourth-order valence-electron chi connectivity index (χ4n) is 1.04. The summed E-state index contributed by atoms with van der Waals surface area (Å²) in [6.45, 7) is 2.68. The summed E-state index contributed by atoms with van der Waals surface area (Å²) in [6.07, 6.45) is 1.95. The number of hydrogen-bond donors (Lipinski definition) is 2. The topological polar surface area (TPSA) is 66.4 Å². The molecule has 0 fully saturated rings. The molecule has 1 aromatic rings. The lowest BCUT2D eigenvalue weighted by molar-refractivity contribution is 0.0702. The van der Waals surface area contributed by atoms with E-state index in [1.54, 1.807) is 0 Å². The van der Waals surface area contributed by atoms with E-state index in [1.807, 2.05) is 6.92 Å². The minimum atomic E-state index is -0.993. The second-order valence-corrected chi connectivity index (χ2v) is 4.16. The molecule has 5 heteroatoms. The highest BCUT2D eigenvalue weighted by molar-refractivity contribution is 7.15. The lowest BCUT2D eigenvalue weighted by Crippen LogP contribution is -2.23. The Morgan fingerprint density at radius 1 is 1.40 bits per heavy atom. The zero-order chi connectivity index (χ0) is 11.3. The molecule has 15 heavy (non-hydrogen) atoms. The Morgan fingerprint density at radius 3 is 2.60 bits per heavy atom. The van der Waals surface area contributed by atoms with Gasteiger partial charge in [0.2, 0.25) is 0 Å². The SMILES string of the molecule is CCCCNC(=O)c1ccc(C(=O)O)s1. The Bertz CT molecular complexity index is 359. The minimum Gasteiger partial charge on any atom is -0.477 e. The predicted octanol–water partition coefficient (Wildman–Crippen LogP) is 1.98. The van der Waals surface area contributed by atoms with E-state index >= 15 is 0 Å². The van der Waals surface area contributed by atoms with E-state index in [-0.39, 0.29) is 10.8 Å². The molecule has 4 nitrogen and oxygen atoms in total. The molecule has 0 unspecified atom stereocenters. The third kappa shape index (κ3) is 3.36. The molecule has 0 radical (unpaired) electrons. The molecule has 0 aliphatic rings.